The smallest absolute Gasteiger partial charge is 0.228 e. The van der Waals surface area contributed by atoms with E-state index in [1.54, 1.807) is 18.3 Å². The molecule has 86 valence electrons. The molecule has 2 aromatic heterocycles. The quantitative estimate of drug-likeness (QED) is 0.788. The topological polar surface area (TPSA) is 59.3 Å². The molecule has 1 N–H and O–H groups in total. The predicted molar refractivity (Wildman–Crippen MR) is 64.4 cm³/mol. The van der Waals surface area contributed by atoms with Gasteiger partial charge >= 0.3 is 0 Å². The Morgan fingerprint density at radius 1 is 1.53 bits per heavy atom. The van der Waals surface area contributed by atoms with Crippen LogP contribution in [0.2, 0.25) is 0 Å². The van der Waals surface area contributed by atoms with Crippen LogP contribution < -0.4 is 5.32 Å². The maximum Gasteiger partial charge on any atom is 0.228 e. The van der Waals surface area contributed by atoms with Crippen molar-refractivity contribution < 1.29 is 4.79 Å². The molecule has 5 nitrogen and oxygen atoms in total. The van der Waals surface area contributed by atoms with Gasteiger partial charge < -0.3 is 5.32 Å². The van der Waals surface area contributed by atoms with Crippen LogP contribution in [0.3, 0.4) is 0 Å². The van der Waals surface area contributed by atoms with Gasteiger partial charge in [0.2, 0.25) is 5.91 Å². The molecule has 0 bridgehead atoms. The van der Waals surface area contributed by atoms with E-state index in [1.165, 1.54) is 4.52 Å². The lowest BCUT2D eigenvalue weighted by atomic mass is 10.2. The molecule has 2 aromatic rings. The fourth-order valence-corrected chi connectivity index (χ4v) is 1.31. The summed E-state index contributed by atoms with van der Waals surface area (Å²) >= 11 is 0. The summed E-state index contributed by atoms with van der Waals surface area (Å²) in [5, 5.41) is 6.92. The number of anilines is 1. The van der Waals surface area contributed by atoms with Gasteiger partial charge in [-0.05, 0) is 18.1 Å². The van der Waals surface area contributed by atoms with E-state index in [1.807, 2.05) is 13.8 Å². The highest BCUT2D eigenvalue weighted by Gasteiger charge is 2.09. The molecular weight excluding hydrogens is 216 g/mol. The van der Waals surface area contributed by atoms with Crippen LogP contribution >= 0.6 is 0 Å². The molecule has 2 rings (SSSR count). The Bertz CT molecular complexity index is 606. The molecule has 0 aliphatic rings. The second-order valence-corrected chi connectivity index (χ2v) is 3.92. The van der Waals surface area contributed by atoms with E-state index in [0.717, 1.165) is 0 Å². The minimum Gasteiger partial charge on any atom is -0.309 e. The van der Waals surface area contributed by atoms with Crippen LogP contribution in [0.1, 0.15) is 19.5 Å². The molecule has 0 aliphatic carbocycles. The van der Waals surface area contributed by atoms with Gasteiger partial charge in [-0.3, -0.25) is 4.79 Å². The largest absolute Gasteiger partial charge is 0.309 e. The van der Waals surface area contributed by atoms with Gasteiger partial charge in [-0.25, -0.2) is 9.50 Å². The van der Waals surface area contributed by atoms with Gasteiger partial charge in [0, 0.05) is 5.92 Å². The summed E-state index contributed by atoms with van der Waals surface area (Å²) < 4.78 is 1.52. The summed E-state index contributed by atoms with van der Waals surface area (Å²) in [5.74, 6) is 2.76. The first-order valence-electron chi connectivity index (χ1n) is 5.24. The first kappa shape index (κ1) is 11.1. The van der Waals surface area contributed by atoms with Crippen molar-refractivity contribution in [1.82, 2.24) is 14.6 Å². The number of carbonyl (C=O) groups excluding carboxylic acids is 1. The summed E-state index contributed by atoms with van der Waals surface area (Å²) in [6.07, 6.45) is 6.89. The zero-order valence-electron chi connectivity index (χ0n) is 9.64. The molecule has 0 saturated heterocycles. The van der Waals surface area contributed by atoms with Gasteiger partial charge in [-0.15, -0.1) is 11.5 Å². The maximum absolute atomic E-state index is 11.5. The molecule has 0 unspecified atom stereocenters. The number of fused-ring (bicyclic) bond motifs is 1. The maximum atomic E-state index is 11.5. The number of hydrogen-bond acceptors (Lipinski definition) is 3. The third kappa shape index (κ3) is 2.11. The molecule has 5 heteroatoms. The van der Waals surface area contributed by atoms with Crippen LogP contribution in [0.5, 0.6) is 0 Å². The van der Waals surface area contributed by atoms with Crippen molar-refractivity contribution >= 4 is 17.4 Å². The molecule has 0 saturated carbocycles. The van der Waals surface area contributed by atoms with Crippen LogP contribution in [0, 0.1) is 18.3 Å². The summed E-state index contributed by atoms with van der Waals surface area (Å²) in [7, 11) is 0. The number of rotatable bonds is 2. The minimum atomic E-state index is -0.0950. The molecule has 0 aromatic carbocycles. The van der Waals surface area contributed by atoms with Gasteiger partial charge in [0.1, 0.15) is 5.69 Å². The zero-order chi connectivity index (χ0) is 12.4. The molecular formula is C12H12N4O. The molecule has 2 heterocycles. The SMILES string of the molecule is C#Cc1cnc2ccc(NC(=O)C(C)C)nn12. The van der Waals surface area contributed by atoms with Crippen molar-refractivity contribution in [1.29, 1.82) is 0 Å². The van der Waals surface area contributed by atoms with Crippen molar-refractivity contribution in [3.63, 3.8) is 0 Å². The fraction of sp³-hybridized carbons (Fsp3) is 0.250. The van der Waals surface area contributed by atoms with Crippen LogP contribution in [0.4, 0.5) is 5.82 Å². The van der Waals surface area contributed by atoms with E-state index >= 15 is 0 Å². The minimum absolute atomic E-state index is 0.0841. The standard InChI is InChI=1S/C12H12N4O/c1-4-9-7-13-11-6-5-10(15-16(9)11)14-12(17)8(2)3/h1,5-8H,2-3H3,(H,14,15,17). The average molecular weight is 228 g/mol. The van der Waals surface area contributed by atoms with E-state index in [4.69, 9.17) is 6.42 Å². The number of carbonyl (C=O) groups is 1. The van der Waals surface area contributed by atoms with E-state index in [2.05, 4.69) is 21.3 Å². The second-order valence-electron chi connectivity index (χ2n) is 3.92. The Morgan fingerprint density at radius 2 is 2.29 bits per heavy atom. The van der Waals surface area contributed by atoms with Crippen LogP contribution in [-0.4, -0.2) is 20.5 Å². The van der Waals surface area contributed by atoms with Crippen molar-refractivity contribution in [2.24, 2.45) is 5.92 Å². The molecule has 17 heavy (non-hydrogen) atoms. The van der Waals surface area contributed by atoms with Crippen LogP contribution in [0.15, 0.2) is 18.3 Å². The molecule has 0 radical (unpaired) electrons. The van der Waals surface area contributed by atoms with E-state index in [0.29, 0.717) is 17.2 Å². The first-order valence-corrected chi connectivity index (χ1v) is 5.24. The molecule has 0 atom stereocenters. The van der Waals surface area contributed by atoms with Gasteiger partial charge in [-0.1, -0.05) is 13.8 Å². The zero-order valence-corrected chi connectivity index (χ0v) is 9.64. The monoisotopic (exact) mass is 228 g/mol. The number of nitrogens with one attached hydrogen (secondary N) is 1. The summed E-state index contributed by atoms with van der Waals surface area (Å²) in [5.41, 5.74) is 1.21. The third-order valence-electron chi connectivity index (χ3n) is 2.29. The molecule has 0 spiro atoms. The third-order valence-corrected chi connectivity index (χ3v) is 2.29. The highest BCUT2D eigenvalue weighted by atomic mass is 16.1. The Hall–Kier alpha value is -2.35. The second kappa shape index (κ2) is 4.26. The van der Waals surface area contributed by atoms with Crippen LogP contribution in [-0.2, 0) is 4.79 Å². The Labute approximate surface area is 98.9 Å². The fourth-order valence-electron chi connectivity index (χ4n) is 1.31. The van der Waals surface area contributed by atoms with Gasteiger partial charge in [0.15, 0.2) is 11.5 Å². The highest BCUT2D eigenvalue weighted by Crippen LogP contribution is 2.09. The lowest BCUT2D eigenvalue weighted by Gasteiger charge is -2.06. The normalized spacial score (nSPS) is 10.5. The van der Waals surface area contributed by atoms with E-state index in [9.17, 15) is 4.79 Å². The average Bonchev–Trinajstić information content (AvgIpc) is 2.71. The number of hydrogen-bond donors (Lipinski definition) is 1. The summed E-state index contributed by atoms with van der Waals surface area (Å²) in [6, 6.07) is 3.45. The number of amides is 1. The van der Waals surface area contributed by atoms with E-state index in [-0.39, 0.29) is 11.8 Å². The number of terminal acetylenes is 1. The highest BCUT2D eigenvalue weighted by molar-refractivity contribution is 5.91. The number of aromatic nitrogens is 3. The number of nitrogens with zero attached hydrogens (tertiary/aromatic N) is 3. The van der Waals surface area contributed by atoms with Gasteiger partial charge in [0.25, 0.3) is 0 Å². The Morgan fingerprint density at radius 3 is 2.94 bits per heavy atom. The molecule has 1 amide bonds. The summed E-state index contributed by atoms with van der Waals surface area (Å²) in [4.78, 5) is 15.6. The van der Waals surface area contributed by atoms with Gasteiger partial charge in [-0.2, -0.15) is 0 Å². The van der Waals surface area contributed by atoms with Crippen LogP contribution in [0.25, 0.3) is 5.65 Å². The lowest BCUT2D eigenvalue weighted by Crippen LogP contribution is -2.19. The number of imidazole rings is 1. The van der Waals surface area contributed by atoms with Crippen molar-refractivity contribution in [3.05, 3.63) is 24.0 Å². The summed E-state index contributed by atoms with van der Waals surface area (Å²) in [6.45, 7) is 3.63. The predicted octanol–water partition coefficient (Wildman–Crippen LogP) is 1.31. The molecule has 0 fully saturated rings. The van der Waals surface area contributed by atoms with E-state index < -0.39 is 0 Å². The lowest BCUT2D eigenvalue weighted by molar-refractivity contribution is -0.118. The van der Waals surface area contributed by atoms with Gasteiger partial charge in [0.05, 0.1) is 6.20 Å². The Balaban J connectivity index is 2.37. The molecule has 0 aliphatic heterocycles. The van der Waals surface area contributed by atoms with Crippen molar-refractivity contribution in [2.75, 3.05) is 5.32 Å². The first-order chi connectivity index (χ1) is 8.11. The van der Waals surface area contributed by atoms with Crippen molar-refractivity contribution in [3.8, 4) is 12.3 Å². The Kier molecular flexibility index (Phi) is 2.79. The van der Waals surface area contributed by atoms with Crippen molar-refractivity contribution in [2.45, 2.75) is 13.8 Å².